The minimum absolute atomic E-state index is 0.182. The molecule has 1 unspecified atom stereocenters. The molecule has 0 fully saturated rings. The molecule has 0 saturated heterocycles. The number of hydrogen-bond acceptors (Lipinski definition) is 3. The fourth-order valence-corrected chi connectivity index (χ4v) is 3.47. The van der Waals surface area contributed by atoms with Gasteiger partial charge in [-0.25, -0.2) is 4.99 Å². The highest BCUT2D eigenvalue weighted by atomic mass is 79.9. The SMILES string of the molecule is CC1=NC(/C=C/c2ccc(Br)cc2)(CO[Si](C)(C)C(C)(C)C)CO1. The van der Waals surface area contributed by atoms with Crippen LogP contribution in [-0.2, 0) is 9.16 Å². The Hall–Kier alpha value is -0.913. The van der Waals surface area contributed by atoms with Crippen molar-refractivity contribution in [2.24, 2.45) is 4.99 Å². The molecule has 5 heteroatoms. The monoisotopic (exact) mass is 409 g/mol. The minimum Gasteiger partial charge on any atom is -0.478 e. The molecule has 1 aromatic carbocycles. The number of benzene rings is 1. The minimum atomic E-state index is -1.82. The van der Waals surface area contributed by atoms with Crippen LogP contribution in [0.2, 0.25) is 18.1 Å². The maximum Gasteiger partial charge on any atom is 0.192 e. The Morgan fingerprint density at radius 3 is 2.42 bits per heavy atom. The van der Waals surface area contributed by atoms with Crippen LogP contribution in [0.5, 0.6) is 0 Å². The van der Waals surface area contributed by atoms with Crippen molar-refractivity contribution in [3.05, 3.63) is 40.4 Å². The van der Waals surface area contributed by atoms with Gasteiger partial charge in [0.1, 0.15) is 12.1 Å². The van der Waals surface area contributed by atoms with Crippen LogP contribution in [0.15, 0.2) is 39.8 Å². The molecule has 2 rings (SSSR count). The van der Waals surface area contributed by atoms with Gasteiger partial charge in [0.25, 0.3) is 0 Å². The molecule has 0 amide bonds. The smallest absolute Gasteiger partial charge is 0.192 e. The van der Waals surface area contributed by atoms with E-state index in [0.717, 1.165) is 15.9 Å². The molecule has 132 valence electrons. The molecule has 1 aliphatic rings. The predicted molar refractivity (Wildman–Crippen MR) is 108 cm³/mol. The molecule has 1 aliphatic heterocycles. The maximum absolute atomic E-state index is 6.43. The molecule has 0 aliphatic carbocycles. The normalized spacial score (nSPS) is 21.9. The lowest BCUT2D eigenvalue weighted by molar-refractivity contribution is 0.190. The fourth-order valence-electron chi connectivity index (χ4n) is 2.16. The van der Waals surface area contributed by atoms with Gasteiger partial charge in [-0.15, -0.1) is 0 Å². The van der Waals surface area contributed by atoms with E-state index < -0.39 is 13.9 Å². The van der Waals surface area contributed by atoms with Crippen molar-refractivity contribution in [2.45, 2.75) is 51.4 Å². The van der Waals surface area contributed by atoms with Gasteiger partial charge < -0.3 is 9.16 Å². The third-order valence-electron chi connectivity index (χ3n) is 4.86. The Balaban J connectivity index is 2.17. The van der Waals surface area contributed by atoms with Crippen LogP contribution in [0, 0.1) is 0 Å². The second-order valence-corrected chi connectivity index (χ2v) is 13.7. The van der Waals surface area contributed by atoms with Gasteiger partial charge in [0.2, 0.25) is 0 Å². The summed E-state index contributed by atoms with van der Waals surface area (Å²) in [6.45, 7) is 14.3. The van der Waals surface area contributed by atoms with Crippen LogP contribution < -0.4 is 0 Å². The first-order chi connectivity index (χ1) is 11.0. The van der Waals surface area contributed by atoms with Crippen LogP contribution in [0.25, 0.3) is 6.08 Å². The van der Waals surface area contributed by atoms with Gasteiger partial charge >= 0.3 is 0 Å². The summed E-state index contributed by atoms with van der Waals surface area (Å²) in [5.41, 5.74) is 0.719. The van der Waals surface area contributed by atoms with Crippen LogP contribution >= 0.6 is 15.9 Å². The van der Waals surface area contributed by atoms with Gasteiger partial charge in [0.15, 0.2) is 14.2 Å². The zero-order valence-corrected chi connectivity index (χ0v) is 18.1. The zero-order chi connectivity index (χ0) is 18.0. The number of hydrogen-bond donors (Lipinski definition) is 0. The van der Waals surface area contributed by atoms with E-state index in [-0.39, 0.29) is 5.04 Å². The van der Waals surface area contributed by atoms with Gasteiger partial charge in [0, 0.05) is 11.4 Å². The van der Waals surface area contributed by atoms with Gasteiger partial charge in [-0.2, -0.15) is 0 Å². The Morgan fingerprint density at radius 1 is 1.29 bits per heavy atom. The van der Waals surface area contributed by atoms with E-state index in [9.17, 15) is 0 Å². The van der Waals surface area contributed by atoms with Crippen molar-refractivity contribution in [1.29, 1.82) is 0 Å². The Morgan fingerprint density at radius 2 is 1.92 bits per heavy atom. The number of rotatable bonds is 5. The average molecular weight is 410 g/mol. The van der Waals surface area contributed by atoms with Crippen molar-refractivity contribution < 1.29 is 9.16 Å². The summed E-state index contributed by atoms with van der Waals surface area (Å²) in [4.78, 5) is 4.73. The molecule has 0 radical (unpaired) electrons. The van der Waals surface area contributed by atoms with Gasteiger partial charge in [-0.1, -0.05) is 61.0 Å². The quantitative estimate of drug-likeness (QED) is 0.586. The number of aliphatic imine (C=N–C) groups is 1. The summed E-state index contributed by atoms with van der Waals surface area (Å²) in [5.74, 6) is 0.731. The lowest BCUT2D eigenvalue weighted by Crippen LogP contribution is -2.45. The van der Waals surface area contributed by atoms with Crippen molar-refractivity contribution in [2.75, 3.05) is 13.2 Å². The summed E-state index contributed by atoms with van der Waals surface area (Å²) in [5, 5.41) is 0.182. The summed E-state index contributed by atoms with van der Waals surface area (Å²) in [7, 11) is -1.82. The van der Waals surface area contributed by atoms with E-state index in [2.05, 4.69) is 74.1 Å². The number of ether oxygens (including phenoxy) is 1. The van der Waals surface area contributed by atoms with Crippen LogP contribution in [0.1, 0.15) is 33.3 Å². The second kappa shape index (κ2) is 7.14. The van der Waals surface area contributed by atoms with Crippen molar-refractivity contribution in [3.8, 4) is 0 Å². The molecule has 0 saturated carbocycles. The third kappa shape index (κ3) is 4.80. The standard InChI is InChI=1S/C19H28BrNO2Si/c1-15-21-19(13-22-15,14-23-24(5,6)18(2,3)4)12-11-16-7-9-17(20)10-8-16/h7-12H,13-14H2,1-6H3/b12-11+. The van der Waals surface area contributed by atoms with Crippen molar-refractivity contribution in [1.82, 2.24) is 0 Å². The summed E-state index contributed by atoms with van der Waals surface area (Å²) in [6.07, 6.45) is 4.23. The van der Waals surface area contributed by atoms with Gasteiger partial charge in [0.05, 0.1) is 6.61 Å². The van der Waals surface area contributed by atoms with E-state index in [1.807, 2.05) is 19.1 Å². The molecule has 0 spiro atoms. The van der Waals surface area contributed by atoms with Crippen LogP contribution in [-0.4, -0.2) is 33.0 Å². The molecule has 1 aromatic rings. The van der Waals surface area contributed by atoms with Gasteiger partial charge in [-0.3, -0.25) is 0 Å². The first-order valence-electron chi connectivity index (χ1n) is 8.31. The van der Waals surface area contributed by atoms with E-state index in [4.69, 9.17) is 14.2 Å². The lowest BCUT2D eigenvalue weighted by atomic mass is 10.0. The molecule has 3 nitrogen and oxygen atoms in total. The molecular weight excluding hydrogens is 382 g/mol. The molecule has 0 N–H and O–H groups in total. The largest absolute Gasteiger partial charge is 0.478 e. The predicted octanol–water partition coefficient (Wildman–Crippen LogP) is 5.67. The van der Waals surface area contributed by atoms with Crippen molar-refractivity contribution in [3.63, 3.8) is 0 Å². The molecule has 0 aromatic heterocycles. The zero-order valence-electron chi connectivity index (χ0n) is 15.5. The first-order valence-corrected chi connectivity index (χ1v) is 12.0. The first kappa shape index (κ1) is 19.4. The molecule has 24 heavy (non-hydrogen) atoms. The fraction of sp³-hybridized carbons (Fsp3) is 0.526. The van der Waals surface area contributed by atoms with Crippen LogP contribution in [0.3, 0.4) is 0 Å². The van der Waals surface area contributed by atoms with Crippen molar-refractivity contribution >= 4 is 36.2 Å². The molecule has 1 heterocycles. The molecule has 1 atom stereocenters. The highest BCUT2D eigenvalue weighted by molar-refractivity contribution is 9.10. The lowest BCUT2D eigenvalue weighted by Gasteiger charge is -2.38. The number of nitrogens with zero attached hydrogens (tertiary/aromatic N) is 1. The number of halogens is 1. The Kier molecular flexibility index (Phi) is 5.78. The molecule has 0 bridgehead atoms. The highest BCUT2D eigenvalue weighted by Crippen LogP contribution is 2.37. The third-order valence-corrected chi connectivity index (χ3v) is 9.86. The van der Waals surface area contributed by atoms with E-state index >= 15 is 0 Å². The maximum atomic E-state index is 6.43. The van der Waals surface area contributed by atoms with E-state index in [1.165, 1.54) is 0 Å². The summed E-state index contributed by atoms with van der Waals surface area (Å²) in [6, 6.07) is 8.24. The topological polar surface area (TPSA) is 30.8 Å². The second-order valence-electron chi connectivity index (χ2n) is 7.96. The highest BCUT2D eigenvalue weighted by Gasteiger charge is 2.41. The summed E-state index contributed by atoms with van der Waals surface area (Å²) < 4.78 is 13.2. The van der Waals surface area contributed by atoms with Crippen LogP contribution in [0.4, 0.5) is 0 Å². The van der Waals surface area contributed by atoms with E-state index in [1.54, 1.807) is 0 Å². The molecular formula is C19H28BrNO2Si. The Labute approximate surface area is 155 Å². The van der Waals surface area contributed by atoms with Gasteiger partial charge in [-0.05, 0) is 35.8 Å². The average Bonchev–Trinajstić information content (AvgIpc) is 2.86. The van der Waals surface area contributed by atoms with E-state index in [0.29, 0.717) is 13.2 Å². The summed E-state index contributed by atoms with van der Waals surface area (Å²) >= 11 is 3.47. The Bertz CT molecular complexity index is 632.